The van der Waals surface area contributed by atoms with Crippen molar-refractivity contribution in [2.24, 2.45) is 11.7 Å². The molecule has 128 valence electrons. The van der Waals surface area contributed by atoms with E-state index in [0.29, 0.717) is 18.2 Å². The van der Waals surface area contributed by atoms with Crippen LogP contribution in [0.5, 0.6) is 0 Å². The lowest BCUT2D eigenvalue weighted by atomic mass is 10.2. The van der Waals surface area contributed by atoms with E-state index in [2.05, 4.69) is 15.6 Å². The van der Waals surface area contributed by atoms with Crippen molar-refractivity contribution in [3.8, 4) is 5.69 Å². The van der Waals surface area contributed by atoms with Gasteiger partial charge in [-0.25, -0.2) is 4.68 Å². The summed E-state index contributed by atoms with van der Waals surface area (Å²) in [6, 6.07) is 5.90. The van der Waals surface area contributed by atoms with Crippen LogP contribution in [0.1, 0.15) is 23.3 Å². The minimum atomic E-state index is -0.491. The van der Waals surface area contributed by atoms with Crippen molar-refractivity contribution in [2.75, 3.05) is 6.54 Å². The molecule has 10 heteroatoms. The monoisotopic (exact) mass is 352 g/mol. The van der Waals surface area contributed by atoms with E-state index in [1.807, 2.05) is 0 Å². The number of hydrogen-bond acceptors (Lipinski definition) is 6. The van der Waals surface area contributed by atoms with Gasteiger partial charge in [-0.2, -0.15) is 0 Å². The summed E-state index contributed by atoms with van der Waals surface area (Å²) in [6.07, 6.45) is 3.58. The summed E-state index contributed by atoms with van der Waals surface area (Å²) < 4.78 is 1.33. The smallest absolute Gasteiger partial charge is 0.273 e. The topological polar surface area (TPSA) is 129 Å². The molecule has 1 unspecified atom stereocenters. The number of amides is 1. The Balaban J connectivity index is 0.00000208. The van der Waals surface area contributed by atoms with Gasteiger partial charge in [-0.15, -0.1) is 17.5 Å². The molecule has 1 atom stereocenters. The van der Waals surface area contributed by atoms with Crippen molar-refractivity contribution >= 4 is 24.0 Å². The number of halogens is 1. The molecule has 1 aliphatic carbocycles. The summed E-state index contributed by atoms with van der Waals surface area (Å²) in [4.78, 5) is 22.5. The predicted molar refractivity (Wildman–Crippen MR) is 88.3 cm³/mol. The van der Waals surface area contributed by atoms with Gasteiger partial charge in [0.2, 0.25) is 0 Å². The van der Waals surface area contributed by atoms with Crippen molar-refractivity contribution in [2.45, 2.75) is 18.9 Å². The first-order valence-electron chi connectivity index (χ1n) is 7.26. The second kappa shape index (κ2) is 7.37. The van der Waals surface area contributed by atoms with Crippen LogP contribution in [0.4, 0.5) is 5.69 Å². The Labute approximate surface area is 143 Å². The number of hydrogen-bond donors (Lipinski definition) is 2. The third kappa shape index (κ3) is 3.87. The summed E-state index contributed by atoms with van der Waals surface area (Å²) in [5.74, 6) is 0.0970. The van der Waals surface area contributed by atoms with Crippen molar-refractivity contribution in [3.63, 3.8) is 0 Å². The fraction of sp³-hybridized carbons (Fsp3) is 0.357. The van der Waals surface area contributed by atoms with Crippen LogP contribution < -0.4 is 11.1 Å². The number of aromatic nitrogens is 3. The van der Waals surface area contributed by atoms with E-state index in [-0.39, 0.29) is 35.7 Å². The van der Waals surface area contributed by atoms with Gasteiger partial charge in [-0.3, -0.25) is 14.9 Å². The van der Waals surface area contributed by atoms with Gasteiger partial charge < -0.3 is 11.1 Å². The number of nitrogens with two attached hydrogens (primary N) is 1. The van der Waals surface area contributed by atoms with E-state index >= 15 is 0 Å². The zero-order chi connectivity index (χ0) is 16.4. The number of rotatable bonds is 6. The molecular formula is C14H17ClN6O3. The molecule has 1 aromatic heterocycles. The zero-order valence-corrected chi connectivity index (χ0v) is 13.5. The highest BCUT2D eigenvalue weighted by molar-refractivity contribution is 5.92. The Kier molecular flexibility index (Phi) is 5.47. The maximum absolute atomic E-state index is 12.2. The molecule has 1 amide bonds. The molecule has 9 nitrogen and oxygen atoms in total. The van der Waals surface area contributed by atoms with E-state index in [1.165, 1.54) is 23.0 Å². The molecule has 0 radical (unpaired) electrons. The first kappa shape index (κ1) is 17.8. The normalized spacial score (nSPS) is 14.5. The summed E-state index contributed by atoms with van der Waals surface area (Å²) in [7, 11) is 0. The molecular weight excluding hydrogens is 336 g/mol. The van der Waals surface area contributed by atoms with Gasteiger partial charge in [-0.1, -0.05) is 11.3 Å². The summed E-state index contributed by atoms with van der Waals surface area (Å²) >= 11 is 0. The highest BCUT2D eigenvalue weighted by Gasteiger charge is 2.31. The van der Waals surface area contributed by atoms with Crippen molar-refractivity contribution in [3.05, 3.63) is 46.3 Å². The van der Waals surface area contributed by atoms with Crippen LogP contribution in [-0.2, 0) is 0 Å². The second-order valence-electron chi connectivity index (χ2n) is 5.48. The minimum Gasteiger partial charge on any atom is -0.346 e. The Morgan fingerprint density at radius 3 is 2.88 bits per heavy atom. The SMILES string of the molecule is Cl.NCC(NC(=O)c1cn(-c2cccc([N+](=O)[O-])c2)nn1)C1CC1. The Morgan fingerprint density at radius 2 is 2.25 bits per heavy atom. The molecule has 1 aliphatic rings. The van der Waals surface area contributed by atoms with Crippen LogP contribution in [0, 0.1) is 16.0 Å². The predicted octanol–water partition coefficient (Wildman–Crippen LogP) is 1.06. The molecule has 0 aliphatic heterocycles. The molecule has 0 spiro atoms. The van der Waals surface area contributed by atoms with Crippen LogP contribution in [0.25, 0.3) is 5.69 Å². The lowest BCUT2D eigenvalue weighted by Crippen LogP contribution is -2.41. The maximum atomic E-state index is 12.2. The number of nitro benzene ring substituents is 1. The van der Waals surface area contributed by atoms with Crippen LogP contribution >= 0.6 is 12.4 Å². The molecule has 1 aromatic carbocycles. The molecule has 0 bridgehead atoms. The van der Waals surface area contributed by atoms with E-state index in [4.69, 9.17) is 5.73 Å². The number of nitrogens with one attached hydrogen (secondary N) is 1. The largest absolute Gasteiger partial charge is 0.346 e. The van der Waals surface area contributed by atoms with Crippen molar-refractivity contribution < 1.29 is 9.72 Å². The number of non-ortho nitro benzene ring substituents is 1. The molecule has 2 aromatic rings. The molecule has 24 heavy (non-hydrogen) atoms. The Hall–Kier alpha value is -2.52. The molecule has 1 fully saturated rings. The number of benzene rings is 1. The molecule has 1 saturated carbocycles. The first-order chi connectivity index (χ1) is 11.1. The first-order valence-corrected chi connectivity index (χ1v) is 7.26. The van der Waals surface area contributed by atoms with Gasteiger partial charge in [0, 0.05) is 24.7 Å². The van der Waals surface area contributed by atoms with E-state index in [1.54, 1.807) is 12.1 Å². The van der Waals surface area contributed by atoms with E-state index < -0.39 is 4.92 Å². The quantitative estimate of drug-likeness (QED) is 0.590. The average molecular weight is 353 g/mol. The maximum Gasteiger partial charge on any atom is 0.273 e. The second-order valence-corrected chi connectivity index (χ2v) is 5.48. The zero-order valence-electron chi connectivity index (χ0n) is 12.7. The molecule has 0 saturated heterocycles. The van der Waals surface area contributed by atoms with Crippen LogP contribution in [0.3, 0.4) is 0 Å². The Morgan fingerprint density at radius 1 is 1.50 bits per heavy atom. The number of nitro groups is 1. The average Bonchev–Trinajstić information content (AvgIpc) is 3.28. The number of nitrogens with zero attached hydrogens (tertiary/aromatic N) is 4. The highest BCUT2D eigenvalue weighted by atomic mass is 35.5. The van der Waals surface area contributed by atoms with Gasteiger partial charge in [-0.05, 0) is 24.8 Å². The van der Waals surface area contributed by atoms with Crippen molar-refractivity contribution in [1.82, 2.24) is 20.3 Å². The highest BCUT2D eigenvalue weighted by Crippen LogP contribution is 2.32. The van der Waals surface area contributed by atoms with Crippen LogP contribution in [0.15, 0.2) is 30.5 Å². The minimum absolute atomic E-state index is 0. The van der Waals surface area contributed by atoms with E-state index in [9.17, 15) is 14.9 Å². The number of carbonyl (C=O) groups excluding carboxylic acids is 1. The molecule has 1 heterocycles. The Bertz CT molecular complexity index is 746. The lowest BCUT2D eigenvalue weighted by Gasteiger charge is -2.14. The van der Waals surface area contributed by atoms with Gasteiger partial charge >= 0.3 is 0 Å². The van der Waals surface area contributed by atoms with Gasteiger partial charge in [0.25, 0.3) is 11.6 Å². The lowest BCUT2D eigenvalue weighted by molar-refractivity contribution is -0.384. The van der Waals surface area contributed by atoms with Gasteiger partial charge in [0.15, 0.2) is 5.69 Å². The van der Waals surface area contributed by atoms with Crippen molar-refractivity contribution in [1.29, 1.82) is 0 Å². The standard InChI is InChI=1S/C14H16N6O3.ClH/c15-7-12(9-4-5-9)16-14(21)13-8-19(18-17-13)10-2-1-3-11(6-10)20(22)23;/h1-3,6,8-9,12H,4-5,7,15H2,(H,16,21);1H. The van der Waals surface area contributed by atoms with Gasteiger partial charge in [0.05, 0.1) is 16.8 Å². The number of carbonyl (C=O) groups is 1. The van der Waals surface area contributed by atoms with E-state index in [0.717, 1.165) is 12.8 Å². The summed E-state index contributed by atoms with van der Waals surface area (Å²) in [5.41, 5.74) is 6.22. The third-order valence-electron chi connectivity index (χ3n) is 3.79. The third-order valence-corrected chi connectivity index (χ3v) is 3.79. The fourth-order valence-electron chi connectivity index (χ4n) is 2.35. The van der Waals surface area contributed by atoms with Crippen LogP contribution in [0.2, 0.25) is 0 Å². The fourth-order valence-corrected chi connectivity index (χ4v) is 2.35. The summed E-state index contributed by atoms with van der Waals surface area (Å²) in [6.45, 7) is 0.384. The van der Waals surface area contributed by atoms with Gasteiger partial charge in [0.1, 0.15) is 0 Å². The molecule has 3 N–H and O–H groups in total. The summed E-state index contributed by atoms with van der Waals surface area (Å²) in [5, 5.41) is 21.3. The molecule has 3 rings (SSSR count). The van der Waals surface area contributed by atoms with Crippen LogP contribution in [-0.4, -0.2) is 38.4 Å².